The number of ether oxygens (including phenoxy) is 2. The highest BCUT2D eigenvalue weighted by Gasteiger charge is 2.47. The van der Waals surface area contributed by atoms with Gasteiger partial charge in [-0.3, -0.25) is 4.90 Å². The lowest BCUT2D eigenvalue weighted by Crippen LogP contribution is -2.15. The molecule has 0 N–H and O–H groups in total. The maximum atomic E-state index is 11.9. The van der Waals surface area contributed by atoms with Crippen molar-refractivity contribution in [2.45, 2.75) is 25.6 Å². The quantitative estimate of drug-likeness (QED) is 0.480. The van der Waals surface area contributed by atoms with Crippen molar-refractivity contribution in [2.24, 2.45) is 0 Å². The summed E-state index contributed by atoms with van der Waals surface area (Å²) in [6, 6.07) is 9.43. The predicted molar refractivity (Wildman–Crippen MR) is 72.9 cm³/mol. The molecule has 1 aromatic carbocycles. The number of esters is 1. The van der Waals surface area contributed by atoms with Gasteiger partial charge in [0.25, 0.3) is 0 Å². The first kappa shape index (κ1) is 14.1. The first-order chi connectivity index (χ1) is 9.63. The first-order valence-electron chi connectivity index (χ1n) is 6.38. The third-order valence-electron chi connectivity index (χ3n) is 3.21. The van der Waals surface area contributed by atoms with Crippen molar-refractivity contribution in [3.63, 3.8) is 0 Å². The molecule has 2 rings (SSSR count). The van der Waals surface area contributed by atoms with E-state index in [4.69, 9.17) is 4.74 Å². The fraction of sp³-hybridized carbons (Fsp3) is 0.333. The minimum absolute atomic E-state index is 0.0409. The molecule has 1 aliphatic heterocycles. The van der Waals surface area contributed by atoms with Gasteiger partial charge in [0.05, 0.1) is 19.2 Å². The van der Waals surface area contributed by atoms with Crippen LogP contribution in [0.5, 0.6) is 0 Å². The molecule has 2 atom stereocenters. The van der Waals surface area contributed by atoms with Crippen molar-refractivity contribution >= 4 is 12.1 Å². The SMILES string of the molecule is COC(=O)/C=C/[C@H]1[C@H](C)N1C(=O)OCc1ccccc1. The first-order valence-corrected chi connectivity index (χ1v) is 6.38. The molecule has 1 amide bonds. The van der Waals surface area contributed by atoms with E-state index in [2.05, 4.69) is 4.74 Å². The van der Waals surface area contributed by atoms with Gasteiger partial charge in [-0.25, -0.2) is 9.59 Å². The molecule has 0 saturated carbocycles. The highest BCUT2D eigenvalue weighted by Crippen LogP contribution is 2.30. The molecule has 106 valence electrons. The van der Waals surface area contributed by atoms with Gasteiger partial charge in [-0.05, 0) is 12.5 Å². The van der Waals surface area contributed by atoms with Gasteiger partial charge in [0.15, 0.2) is 0 Å². The number of amides is 1. The molecule has 0 aromatic heterocycles. The summed E-state index contributed by atoms with van der Waals surface area (Å²) in [4.78, 5) is 24.4. The largest absolute Gasteiger partial charge is 0.466 e. The molecule has 5 heteroatoms. The Labute approximate surface area is 117 Å². The van der Waals surface area contributed by atoms with Crippen molar-refractivity contribution in [2.75, 3.05) is 7.11 Å². The molecule has 20 heavy (non-hydrogen) atoms. The van der Waals surface area contributed by atoms with Crippen molar-refractivity contribution in [3.8, 4) is 0 Å². The molecular formula is C15H17NO4. The molecule has 0 unspecified atom stereocenters. The average Bonchev–Trinajstić information content (AvgIpc) is 3.13. The van der Waals surface area contributed by atoms with E-state index in [0.29, 0.717) is 0 Å². The van der Waals surface area contributed by atoms with Crippen molar-refractivity contribution in [3.05, 3.63) is 48.0 Å². The predicted octanol–water partition coefficient (Wildman–Crippen LogP) is 2.13. The Hall–Kier alpha value is -2.30. The van der Waals surface area contributed by atoms with E-state index in [1.807, 2.05) is 37.3 Å². The van der Waals surface area contributed by atoms with E-state index in [0.717, 1.165) is 5.56 Å². The third kappa shape index (κ3) is 3.38. The maximum Gasteiger partial charge on any atom is 0.410 e. The fourth-order valence-electron chi connectivity index (χ4n) is 1.95. The Balaban J connectivity index is 1.82. The van der Waals surface area contributed by atoms with Crippen LogP contribution in [0.4, 0.5) is 4.79 Å². The van der Waals surface area contributed by atoms with Gasteiger partial charge < -0.3 is 9.47 Å². The lowest BCUT2D eigenvalue weighted by molar-refractivity contribution is -0.134. The van der Waals surface area contributed by atoms with Crippen molar-refractivity contribution in [1.82, 2.24) is 4.90 Å². The van der Waals surface area contributed by atoms with Crippen LogP contribution < -0.4 is 0 Å². The zero-order valence-electron chi connectivity index (χ0n) is 11.5. The van der Waals surface area contributed by atoms with Crippen LogP contribution >= 0.6 is 0 Å². The van der Waals surface area contributed by atoms with Crippen LogP contribution in [0.25, 0.3) is 0 Å². The molecule has 1 aliphatic rings. The number of carbonyl (C=O) groups excluding carboxylic acids is 2. The van der Waals surface area contributed by atoms with Crippen LogP contribution in [0.2, 0.25) is 0 Å². The molecule has 1 saturated heterocycles. The number of methoxy groups -OCH3 is 1. The summed E-state index contributed by atoms with van der Waals surface area (Å²) in [5.74, 6) is -0.429. The maximum absolute atomic E-state index is 11.9. The minimum atomic E-state index is -0.429. The van der Waals surface area contributed by atoms with E-state index >= 15 is 0 Å². The number of hydrogen-bond donors (Lipinski definition) is 0. The molecular weight excluding hydrogens is 258 g/mol. The molecule has 0 aliphatic carbocycles. The van der Waals surface area contributed by atoms with Gasteiger partial charge in [0.1, 0.15) is 6.61 Å². The van der Waals surface area contributed by atoms with E-state index in [1.54, 1.807) is 11.0 Å². The summed E-state index contributed by atoms with van der Waals surface area (Å²) in [6.07, 6.45) is 2.60. The van der Waals surface area contributed by atoms with Crippen LogP contribution in [-0.4, -0.2) is 36.2 Å². The summed E-state index contributed by atoms with van der Waals surface area (Å²) in [5.41, 5.74) is 0.942. The Morgan fingerprint density at radius 2 is 2.00 bits per heavy atom. The summed E-state index contributed by atoms with van der Waals surface area (Å²) >= 11 is 0. The van der Waals surface area contributed by atoms with Crippen LogP contribution in [-0.2, 0) is 20.9 Å². The lowest BCUT2D eigenvalue weighted by Gasteiger charge is -2.06. The summed E-state index contributed by atoms with van der Waals surface area (Å²) in [6.45, 7) is 2.15. The second kappa shape index (κ2) is 6.23. The van der Waals surface area contributed by atoms with Crippen LogP contribution in [0.1, 0.15) is 12.5 Å². The zero-order valence-corrected chi connectivity index (χ0v) is 11.5. The molecule has 0 radical (unpaired) electrons. The molecule has 0 bridgehead atoms. The molecule has 1 heterocycles. The van der Waals surface area contributed by atoms with Gasteiger partial charge in [0, 0.05) is 6.08 Å². The monoisotopic (exact) mass is 275 g/mol. The number of carbonyl (C=O) groups is 2. The van der Waals surface area contributed by atoms with E-state index in [9.17, 15) is 9.59 Å². The molecule has 0 spiro atoms. The minimum Gasteiger partial charge on any atom is -0.466 e. The molecule has 1 aromatic rings. The average molecular weight is 275 g/mol. The highest BCUT2D eigenvalue weighted by atomic mass is 16.6. The number of hydrogen-bond acceptors (Lipinski definition) is 4. The Morgan fingerprint density at radius 1 is 1.30 bits per heavy atom. The summed E-state index contributed by atoms with van der Waals surface area (Å²) < 4.78 is 9.73. The van der Waals surface area contributed by atoms with Gasteiger partial charge >= 0.3 is 12.1 Å². The van der Waals surface area contributed by atoms with E-state index in [-0.39, 0.29) is 24.8 Å². The van der Waals surface area contributed by atoms with E-state index < -0.39 is 5.97 Å². The highest BCUT2D eigenvalue weighted by molar-refractivity contribution is 5.82. The van der Waals surface area contributed by atoms with Gasteiger partial charge in [-0.1, -0.05) is 36.4 Å². The Morgan fingerprint density at radius 3 is 2.65 bits per heavy atom. The number of rotatable bonds is 4. The van der Waals surface area contributed by atoms with E-state index in [1.165, 1.54) is 13.2 Å². The lowest BCUT2D eigenvalue weighted by atomic mass is 10.2. The zero-order chi connectivity index (χ0) is 14.5. The van der Waals surface area contributed by atoms with Crippen LogP contribution in [0.3, 0.4) is 0 Å². The van der Waals surface area contributed by atoms with Gasteiger partial charge in [-0.2, -0.15) is 0 Å². The number of nitrogens with zero attached hydrogens (tertiary/aromatic N) is 1. The Kier molecular flexibility index (Phi) is 4.40. The normalized spacial score (nSPS) is 20.8. The van der Waals surface area contributed by atoms with Crippen LogP contribution in [0, 0.1) is 0 Å². The van der Waals surface area contributed by atoms with Gasteiger partial charge in [0.2, 0.25) is 0 Å². The second-order valence-corrected chi connectivity index (χ2v) is 4.56. The second-order valence-electron chi connectivity index (χ2n) is 4.56. The smallest absolute Gasteiger partial charge is 0.410 e. The van der Waals surface area contributed by atoms with Gasteiger partial charge in [-0.15, -0.1) is 0 Å². The van der Waals surface area contributed by atoms with Crippen molar-refractivity contribution in [1.29, 1.82) is 0 Å². The summed E-state index contributed by atoms with van der Waals surface area (Å²) in [7, 11) is 1.31. The van der Waals surface area contributed by atoms with Crippen LogP contribution in [0.15, 0.2) is 42.5 Å². The fourth-order valence-corrected chi connectivity index (χ4v) is 1.95. The van der Waals surface area contributed by atoms with Crippen molar-refractivity contribution < 1.29 is 19.1 Å². The topological polar surface area (TPSA) is 55.6 Å². The third-order valence-corrected chi connectivity index (χ3v) is 3.21. The molecule has 1 fully saturated rings. The summed E-state index contributed by atoms with van der Waals surface area (Å²) in [5, 5.41) is 0. The number of benzene rings is 1. The molecule has 5 nitrogen and oxygen atoms in total. The standard InChI is InChI=1S/C15H17NO4/c1-11-13(8-9-14(17)19-2)16(11)15(18)20-10-12-6-4-3-5-7-12/h3-9,11,13H,10H2,1-2H3/b9-8+/t11-,13-,16?/m0/s1. The Bertz CT molecular complexity index is 512.